The van der Waals surface area contributed by atoms with Crippen molar-refractivity contribution >= 4 is 5.91 Å². The van der Waals surface area contributed by atoms with Crippen LogP contribution in [0.2, 0.25) is 0 Å². The molecule has 0 aliphatic carbocycles. The molecule has 0 bridgehead atoms. The topological polar surface area (TPSA) is 81.1 Å². The van der Waals surface area contributed by atoms with Gasteiger partial charge in [-0.3, -0.25) is 4.79 Å². The number of hydrogen-bond acceptors (Lipinski definition) is 5. The minimum Gasteiger partial charge on any atom is -0.381 e. The van der Waals surface area contributed by atoms with Crippen LogP contribution in [-0.4, -0.2) is 53.7 Å². The van der Waals surface area contributed by atoms with Crippen LogP contribution >= 0.6 is 0 Å². The van der Waals surface area contributed by atoms with Crippen LogP contribution in [0.5, 0.6) is 0 Å². The number of rotatable bonds is 4. The highest BCUT2D eigenvalue weighted by atomic mass is 16.5. The second-order valence-corrected chi connectivity index (χ2v) is 5.50. The van der Waals surface area contributed by atoms with Crippen LogP contribution in [0.15, 0.2) is 6.20 Å². The number of aromatic nitrogens is 3. The lowest BCUT2D eigenvalue weighted by molar-refractivity contribution is 0.0940. The molecule has 20 heavy (non-hydrogen) atoms. The standard InChI is InChI=1S/C13H21N5O2/c19-13(15-7-10-3-6-20-9-10)12-8-18(17-16-12)11-1-4-14-5-2-11/h8,10-11,14H,1-7,9H2,(H,15,19). The van der Waals surface area contributed by atoms with Crippen molar-refractivity contribution in [1.29, 1.82) is 0 Å². The molecule has 1 unspecified atom stereocenters. The van der Waals surface area contributed by atoms with E-state index in [1.165, 1.54) is 0 Å². The van der Waals surface area contributed by atoms with Gasteiger partial charge in [-0.25, -0.2) is 4.68 Å². The van der Waals surface area contributed by atoms with Gasteiger partial charge in [-0.1, -0.05) is 5.21 Å². The van der Waals surface area contributed by atoms with Gasteiger partial charge in [0, 0.05) is 19.1 Å². The van der Waals surface area contributed by atoms with E-state index < -0.39 is 0 Å². The van der Waals surface area contributed by atoms with Gasteiger partial charge in [-0.05, 0) is 32.4 Å². The van der Waals surface area contributed by atoms with Gasteiger partial charge in [0.2, 0.25) is 0 Å². The lowest BCUT2D eigenvalue weighted by atomic mass is 10.1. The molecule has 0 saturated carbocycles. The van der Waals surface area contributed by atoms with E-state index in [0.29, 0.717) is 24.2 Å². The fourth-order valence-corrected chi connectivity index (χ4v) is 2.70. The van der Waals surface area contributed by atoms with Gasteiger partial charge in [-0.2, -0.15) is 0 Å². The molecule has 2 aliphatic rings. The van der Waals surface area contributed by atoms with E-state index >= 15 is 0 Å². The van der Waals surface area contributed by atoms with Crippen LogP contribution < -0.4 is 10.6 Å². The quantitative estimate of drug-likeness (QED) is 0.809. The summed E-state index contributed by atoms with van der Waals surface area (Å²) in [5.41, 5.74) is 0.405. The largest absolute Gasteiger partial charge is 0.381 e. The summed E-state index contributed by atoms with van der Waals surface area (Å²) in [5, 5.41) is 14.3. The Morgan fingerprint density at radius 3 is 3.05 bits per heavy atom. The predicted molar refractivity (Wildman–Crippen MR) is 72.4 cm³/mol. The second-order valence-electron chi connectivity index (χ2n) is 5.50. The van der Waals surface area contributed by atoms with Crippen molar-refractivity contribution in [2.75, 3.05) is 32.8 Å². The first-order chi connectivity index (χ1) is 9.83. The maximum absolute atomic E-state index is 12.0. The molecule has 0 aromatic carbocycles. The van der Waals surface area contributed by atoms with Crippen molar-refractivity contribution in [1.82, 2.24) is 25.6 Å². The van der Waals surface area contributed by atoms with Crippen LogP contribution in [0.1, 0.15) is 35.8 Å². The first-order valence-corrected chi connectivity index (χ1v) is 7.31. The van der Waals surface area contributed by atoms with E-state index in [2.05, 4.69) is 20.9 Å². The number of piperidine rings is 1. The van der Waals surface area contributed by atoms with E-state index in [4.69, 9.17) is 4.74 Å². The molecule has 3 heterocycles. The molecular formula is C13H21N5O2. The number of carbonyl (C=O) groups excluding carboxylic acids is 1. The van der Waals surface area contributed by atoms with E-state index in [-0.39, 0.29) is 5.91 Å². The summed E-state index contributed by atoms with van der Waals surface area (Å²) in [6.07, 6.45) is 4.84. The molecule has 7 nitrogen and oxygen atoms in total. The Labute approximate surface area is 118 Å². The molecule has 1 amide bonds. The Balaban J connectivity index is 1.53. The molecule has 0 spiro atoms. The molecule has 1 atom stereocenters. The minimum atomic E-state index is -0.142. The number of nitrogens with zero attached hydrogens (tertiary/aromatic N) is 3. The Kier molecular flexibility index (Phi) is 4.27. The van der Waals surface area contributed by atoms with Gasteiger partial charge in [0.1, 0.15) is 0 Å². The van der Waals surface area contributed by atoms with Gasteiger partial charge in [0.25, 0.3) is 5.91 Å². The van der Waals surface area contributed by atoms with Gasteiger partial charge >= 0.3 is 0 Å². The third kappa shape index (κ3) is 3.16. The molecule has 2 fully saturated rings. The fraction of sp³-hybridized carbons (Fsp3) is 0.769. The first-order valence-electron chi connectivity index (χ1n) is 7.31. The highest BCUT2D eigenvalue weighted by Crippen LogP contribution is 2.17. The average molecular weight is 279 g/mol. The van der Waals surface area contributed by atoms with E-state index in [1.54, 1.807) is 6.20 Å². The molecule has 1 aromatic rings. The number of ether oxygens (including phenoxy) is 1. The monoisotopic (exact) mass is 279 g/mol. The first kappa shape index (κ1) is 13.5. The molecule has 2 saturated heterocycles. The minimum absolute atomic E-state index is 0.142. The Morgan fingerprint density at radius 1 is 1.45 bits per heavy atom. The average Bonchev–Trinajstić information content (AvgIpc) is 3.17. The lowest BCUT2D eigenvalue weighted by Crippen LogP contribution is -2.30. The van der Waals surface area contributed by atoms with Crippen molar-refractivity contribution < 1.29 is 9.53 Å². The molecule has 110 valence electrons. The smallest absolute Gasteiger partial charge is 0.273 e. The fourth-order valence-electron chi connectivity index (χ4n) is 2.70. The zero-order valence-electron chi connectivity index (χ0n) is 11.5. The summed E-state index contributed by atoms with van der Waals surface area (Å²) >= 11 is 0. The zero-order chi connectivity index (χ0) is 13.8. The Hall–Kier alpha value is -1.47. The Bertz CT molecular complexity index is 449. The normalized spacial score (nSPS) is 23.9. The van der Waals surface area contributed by atoms with Crippen molar-refractivity contribution in [3.63, 3.8) is 0 Å². The number of hydrogen-bond donors (Lipinski definition) is 2. The van der Waals surface area contributed by atoms with Gasteiger partial charge in [0.05, 0.1) is 18.8 Å². The predicted octanol–water partition coefficient (Wildman–Crippen LogP) is -0.0311. The maximum atomic E-state index is 12.0. The van der Waals surface area contributed by atoms with Gasteiger partial charge < -0.3 is 15.4 Å². The van der Waals surface area contributed by atoms with Crippen molar-refractivity contribution in [3.05, 3.63) is 11.9 Å². The number of amides is 1. The van der Waals surface area contributed by atoms with Gasteiger partial charge in [-0.15, -0.1) is 5.10 Å². The van der Waals surface area contributed by atoms with Crippen LogP contribution in [0.25, 0.3) is 0 Å². The van der Waals surface area contributed by atoms with Crippen LogP contribution in [0.4, 0.5) is 0 Å². The number of nitrogens with one attached hydrogen (secondary N) is 2. The molecule has 2 N–H and O–H groups in total. The third-order valence-electron chi connectivity index (χ3n) is 4.00. The molecular weight excluding hydrogens is 258 g/mol. The Morgan fingerprint density at radius 2 is 2.30 bits per heavy atom. The van der Waals surface area contributed by atoms with E-state index in [0.717, 1.165) is 45.6 Å². The summed E-state index contributed by atoms with van der Waals surface area (Å²) in [6, 6.07) is 0.355. The van der Waals surface area contributed by atoms with Crippen molar-refractivity contribution in [2.24, 2.45) is 5.92 Å². The SMILES string of the molecule is O=C(NCC1CCOC1)c1cn(C2CCNCC2)nn1. The van der Waals surface area contributed by atoms with Crippen molar-refractivity contribution in [2.45, 2.75) is 25.3 Å². The lowest BCUT2D eigenvalue weighted by Gasteiger charge is -2.22. The zero-order valence-corrected chi connectivity index (χ0v) is 11.5. The maximum Gasteiger partial charge on any atom is 0.273 e. The van der Waals surface area contributed by atoms with Gasteiger partial charge in [0.15, 0.2) is 5.69 Å². The summed E-state index contributed by atoms with van der Waals surface area (Å²) in [7, 11) is 0. The molecule has 0 radical (unpaired) electrons. The van der Waals surface area contributed by atoms with Crippen LogP contribution in [0.3, 0.4) is 0 Å². The summed E-state index contributed by atoms with van der Waals surface area (Å²) in [5.74, 6) is 0.287. The molecule has 3 rings (SSSR count). The summed E-state index contributed by atoms with van der Waals surface area (Å²) in [6.45, 7) is 4.18. The second kappa shape index (κ2) is 6.32. The van der Waals surface area contributed by atoms with Crippen LogP contribution in [-0.2, 0) is 4.74 Å². The molecule has 2 aliphatic heterocycles. The molecule has 1 aromatic heterocycles. The highest BCUT2D eigenvalue weighted by molar-refractivity contribution is 5.91. The third-order valence-corrected chi connectivity index (χ3v) is 4.00. The van der Waals surface area contributed by atoms with E-state index in [1.807, 2.05) is 4.68 Å². The number of carbonyl (C=O) groups is 1. The summed E-state index contributed by atoms with van der Waals surface area (Å²) < 4.78 is 7.12. The van der Waals surface area contributed by atoms with E-state index in [9.17, 15) is 4.79 Å². The van der Waals surface area contributed by atoms with Crippen molar-refractivity contribution in [3.8, 4) is 0 Å². The molecule has 7 heteroatoms. The highest BCUT2D eigenvalue weighted by Gasteiger charge is 2.20. The van der Waals surface area contributed by atoms with Crippen LogP contribution in [0, 0.1) is 5.92 Å². The summed E-state index contributed by atoms with van der Waals surface area (Å²) in [4.78, 5) is 12.0.